The van der Waals surface area contributed by atoms with Crippen LogP contribution in [-0.2, 0) is 0 Å². The Hall–Kier alpha value is 0. The van der Waals surface area contributed by atoms with Crippen LogP contribution in [0, 0.1) is 35.5 Å². The van der Waals surface area contributed by atoms with Crippen molar-refractivity contribution in [2.75, 3.05) is 0 Å². The molecule has 6 aliphatic carbocycles. The highest BCUT2D eigenvalue weighted by molar-refractivity contribution is 4.75. The predicted octanol–water partition coefficient (Wildman–Crippen LogP) is 21.6. The molecule has 0 aliphatic heterocycles. The van der Waals surface area contributed by atoms with Gasteiger partial charge in [-0.1, -0.05) is 322 Å². The first-order valence-corrected chi connectivity index (χ1v) is 26.0. The highest BCUT2D eigenvalue weighted by Gasteiger charge is 2.23. The van der Waals surface area contributed by atoms with Crippen LogP contribution in [0.2, 0.25) is 0 Å². The zero-order valence-electron chi connectivity index (χ0n) is 39.6. The summed E-state index contributed by atoms with van der Waals surface area (Å²) in [5.41, 5.74) is 0. The molecule has 0 nitrogen and oxygen atoms in total. The molecule has 0 heterocycles. The summed E-state index contributed by atoms with van der Waals surface area (Å²) in [4.78, 5) is 0. The van der Waals surface area contributed by atoms with E-state index < -0.39 is 0 Å². The van der Waals surface area contributed by atoms with Crippen LogP contribution in [0.3, 0.4) is 0 Å². The standard InChI is InChI=1S/C17H32.3C9H18.C3H6.3C2H6.2CH4/c1-15-9-7-13-17(14-8-10-15)16-11-5-3-2-4-6-12-16;3*1-9-7-5-3-2-4-6-8-9;1-2-3-1;3*1-2;;/h15-17H,2-14H2,1H3;3*9H,2-8H2,1H3;1-3H2;3*1-2H3;2*1H4. The lowest BCUT2D eigenvalue weighted by molar-refractivity contribution is 0.210. The normalized spacial score (nSPS) is 24.5. The summed E-state index contributed by atoms with van der Waals surface area (Å²) in [5, 5.41) is 0. The Morgan fingerprint density at radius 3 is 0.509 bits per heavy atom. The van der Waals surface area contributed by atoms with Crippen molar-refractivity contribution in [1.29, 1.82) is 0 Å². The molecule has 0 aromatic heterocycles. The van der Waals surface area contributed by atoms with Crippen LogP contribution in [0.15, 0.2) is 0 Å². The number of hydrogen-bond donors (Lipinski definition) is 0. The van der Waals surface area contributed by atoms with Crippen LogP contribution < -0.4 is 0 Å². The monoisotopic (exact) mass is 779 g/mol. The highest BCUT2D eigenvalue weighted by Crippen LogP contribution is 2.36. The third-order valence-corrected chi connectivity index (χ3v) is 12.9. The maximum Gasteiger partial charge on any atom is -0.0386 e. The Labute approximate surface area is 355 Å². The van der Waals surface area contributed by atoms with Crippen molar-refractivity contribution in [2.45, 2.75) is 322 Å². The van der Waals surface area contributed by atoms with Gasteiger partial charge in [0.05, 0.1) is 0 Å². The lowest BCUT2D eigenvalue weighted by atomic mass is 9.75. The van der Waals surface area contributed by atoms with E-state index in [2.05, 4.69) is 27.7 Å². The molecule has 6 aliphatic rings. The van der Waals surface area contributed by atoms with E-state index in [0.29, 0.717) is 0 Å². The van der Waals surface area contributed by atoms with Crippen LogP contribution in [0.25, 0.3) is 0 Å². The zero-order valence-corrected chi connectivity index (χ0v) is 39.6. The van der Waals surface area contributed by atoms with Crippen molar-refractivity contribution in [3.05, 3.63) is 0 Å². The van der Waals surface area contributed by atoms with Crippen LogP contribution in [0.4, 0.5) is 0 Å². The van der Waals surface area contributed by atoms with E-state index in [4.69, 9.17) is 0 Å². The molecule has 0 bridgehead atoms. The van der Waals surface area contributed by atoms with Gasteiger partial charge in [-0.25, -0.2) is 0 Å². The second-order valence-electron chi connectivity index (χ2n) is 18.2. The topological polar surface area (TPSA) is 0 Å². The third-order valence-electron chi connectivity index (χ3n) is 12.9. The van der Waals surface area contributed by atoms with Gasteiger partial charge < -0.3 is 0 Å². The van der Waals surface area contributed by atoms with Gasteiger partial charge in [0.2, 0.25) is 0 Å². The molecule has 0 heteroatoms. The fourth-order valence-electron chi connectivity index (χ4n) is 9.16. The molecule has 6 rings (SSSR count). The van der Waals surface area contributed by atoms with E-state index in [0.717, 1.165) is 35.5 Å². The minimum absolute atomic E-state index is 0. The van der Waals surface area contributed by atoms with Gasteiger partial charge in [0.15, 0.2) is 0 Å². The van der Waals surface area contributed by atoms with Crippen LogP contribution in [-0.4, -0.2) is 0 Å². The summed E-state index contributed by atoms with van der Waals surface area (Å²) < 4.78 is 0. The van der Waals surface area contributed by atoms with Crippen molar-refractivity contribution in [3.8, 4) is 0 Å². The summed E-state index contributed by atoms with van der Waals surface area (Å²) in [5.74, 6) is 6.26. The smallest absolute Gasteiger partial charge is 0.0386 e. The van der Waals surface area contributed by atoms with E-state index in [-0.39, 0.29) is 14.9 Å². The Balaban J connectivity index is -0.000000300. The molecule has 338 valence electrons. The summed E-state index contributed by atoms with van der Waals surface area (Å²) in [6.45, 7) is 21.6. The molecular weight excluding hydrogens is 661 g/mol. The van der Waals surface area contributed by atoms with Gasteiger partial charge in [0.25, 0.3) is 0 Å². The van der Waals surface area contributed by atoms with E-state index in [1.54, 1.807) is 25.7 Å². The van der Waals surface area contributed by atoms with E-state index in [1.807, 2.05) is 41.5 Å². The summed E-state index contributed by atoms with van der Waals surface area (Å²) in [7, 11) is 0. The fourth-order valence-corrected chi connectivity index (χ4v) is 9.16. The molecule has 0 N–H and O–H groups in total. The first kappa shape index (κ1) is 61.7. The second kappa shape index (κ2) is 50.1. The average Bonchev–Trinajstić information content (AvgIpc) is 4.02. The largest absolute Gasteiger partial charge is 0.0776 e. The molecule has 0 amide bonds. The molecule has 0 aromatic rings. The molecule has 6 saturated carbocycles. The fraction of sp³-hybridized carbons (Fsp3) is 1.00. The molecule has 6 fully saturated rings. The molecule has 0 saturated heterocycles. The molecule has 55 heavy (non-hydrogen) atoms. The minimum Gasteiger partial charge on any atom is -0.0776 e. The summed E-state index contributed by atoms with van der Waals surface area (Å²) >= 11 is 0. The highest BCUT2D eigenvalue weighted by atomic mass is 14.3. The van der Waals surface area contributed by atoms with Gasteiger partial charge in [0, 0.05) is 0 Å². The first-order chi connectivity index (χ1) is 26.0. The van der Waals surface area contributed by atoms with Crippen molar-refractivity contribution in [3.63, 3.8) is 0 Å². The van der Waals surface area contributed by atoms with Crippen molar-refractivity contribution >= 4 is 0 Å². The van der Waals surface area contributed by atoms with E-state index in [9.17, 15) is 0 Å². The van der Waals surface area contributed by atoms with Crippen LogP contribution >= 0.6 is 0 Å². The van der Waals surface area contributed by atoms with Crippen molar-refractivity contribution < 1.29 is 0 Å². The zero-order chi connectivity index (χ0) is 39.6. The number of hydrogen-bond acceptors (Lipinski definition) is 0. The van der Waals surface area contributed by atoms with Gasteiger partial charge in [-0.15, -0.1) is 0 Å². The lowest BCUT2D eigenvalue weighted by Gasteiger charge is -2.31. The lowest BCUT2D eigenvalue weighted by Crippen LogP contribution is -2.18. The second-order valence-corrected chi connectivity index (χ2v) is 18.2. The van der Waals surface area contributed by atoms with Gasteiger partial charge in [-0.2, -0.15) is 0 Å². The van der Waals surface area contributed by atoms with Crippen LogP contribution in [0.5, 0.6) is 0 Å². The maximum atomic E-state index is 2.45. The van der Waals surface area contributed by atoms with E-state index >= 15 is 0 Å². The average molecular weight is 780 g/mol. The van der Waals surface area contributed by atoms with E-state index in [1.165, 1.54) is 212 Å². The number of rotatable bonds is 1. The van der Waals surface area contributed by atoms with Crippen LogP contribution in [0.1, 0.15) is 322 Å². The molecule has 0 unspecified atom stereocenters. The quantitative estimate of drug-likeness (QED) is 0.249. The Morgan fingerprint density at radius 2 is 0.309 bits per heavy atom. The minimum atomic E-state index is 0. The van der Waals surface area contributed by atoms with Gasteiger partial charge in [-0.3, -0.25) is 0 Å². The Bertz CT molecular complexity index is 542. The van der Waals surface area contributed by atoms with Gasteiger partial charge >= 0.3 is 0 Å². The maximum absolute atomic E-state index is 2.45. The summed E-state index contributed by atoms with van der Waals surface area (Å²) in [6.07, 6.45) is 55.6. The molecular formula is C55H118. The molecule has 0 atom stereocenters. The van der Waals surface area contributed by atoms with Gasteiger partial charge in [-0.05, 0) is 35.5 Å². The summed E-state index contributed by atoms with van der Waals surface area (Å²) in [6, 6.07) is 0. The molecule has 0 spiro atoms. The molecule has 0 radical (unpaired) electrons. The molecule has 0 aromatic carbocycles. The Kier molecular flexibility index (Phi) is 56.2. The van der Waals surface area contributed by atoms with Crippen molar-refractivity contribution in [1.82, 2.24) is 0 Å². The van der Waals surface area contributed by atoms with Crippen molar-refractivity contribution in [2.24, 2.45) is 35.5 Å². The van der Waals surface area contributed by atoms with Gasteiger partial charge in [0.1, 0.15) is 0 Å². The SMILES string of the molecule is C.C.C1CC1.CC.CC.CC.CC1CCCC(C2CCCCCCC2)CCC1.CC1CCCCCCC1.CC1CCCCCCC1.CC1CCCCCCC1. The Morgan fingerprint density at radius 1 is 0.182 bits per heavy atom. The first-order valence-electron chi connectivity index (χ1n) is 26.0. The third kappa shape index (κ3) is 44.9. The predicted molar refractivity (Wildman–Crippen MR) is 262 cm³/mol.